The van der Waals surface area contributed by atoms with E-state index in [4.69, 9.17) is 0 Å². The molecule has 0 saturated heterocycles. The molecule has 1 aromatic rings. The summed E-state index contributed by atoms with van der Waals surface area (Å²) < 4.78 is 0. The predicted octanol–water partition coefficient (Wildman–Crippen LogP) is 4.89. The summed E-state index contributed by atoms with van der Waals surface area (Å²) in [6.07, 6.45) is 10.4. The molecule has 1 N–H and O–H groups in total. The van der Waals surface area contributed by atoms with Gasteiger partial charge in [-0.15, -0.1) is 0 Å². The molecule has 2 aliphatic carbocycles. The number of hydrogen-bond donors (Lipinski definition) is 1. The highest BCUT2D eigenvalue weighted by atomic mass is 32.2. The molecule has 0 heterocycles. The number of hydrogen-bond acceptors (Lipinski definition) is 2. The maximum Gasteiger partial charge on any atom is 0.0325 e. The summed E-state index contributed by atoms with van der Waals surface area (Å²) in [5.41, 5.74) is 3.15. The number of nitrogens with one attached hydrogen (secondary N) is 1. The predicted molar refractivity (Wildman–Crippen MR) is 89.5 cm³/mol. The van der Waals surface area contributed by atoms with Crippen molar-refractivity contribution >= 4 is 11.8 Å². The first-order valence-corrected chi connectivity index (χ1v) is 9.44. The van der Waals surface area contributed by atoms with Crippen molar-refractivity contribution in [2.45, 2.75) is 68.7 Å². The molecule has 3 rings (SSSR count). The standard InChI is InChI=1S/C18H27NS/c1-13-7-12-18(17-6-4-3-5-16(13)17)19-14-8-10-15(20-2)11-9-14/h3-6,13-15,18-19H,7-12H2,1-2H3. The zero-order chi connectivity index (χ0) is 13.9. The molecule has 2 heteroatoms. The van der Waals surface area contributed by atoms with E-state index in [9.17, 15) is 0 Å². The minimum absolute atomic E-state index is 0.596. The van der Waals surface area contributed by atoms with Crippen molar-refractivity contribution in [3.05, 3.63) is 35.4 Å². The number of thioether (sulfide) groups is 1. The Labute approximate surface area is 127 Å². The van der Waals surface area contributed by atoms with Gasteiger partial charge in [-0.05, 0) is 61.8 Å². The number of fused-ring (bicyclic) bond motifs is 1. The Morgan fingerprint density at radius 1 is 0.950 bits per heavy atom. The monoisotopic (exact) mass is 289 g/mol. The summed E-state index contributed by atoms with van der Waals surface area (Å²) >= 11 is 2.05. The van der Waals surface area contributed by atoms with E-state index in [1.54, 1.807) is 11.1 Å². The van der Waals surface area contributed by atoms with Gasteiger partial charge in [-0.25, -0.2) is 0 Å². The third kappa shape index (κ3) is 3.07. The third-order valence-electron chi connectivity index (χ3n) is 5.24. The Morgan fingerprint density at radius 2 is 1.65 bits per heavy atom. The summed E-state index contributed by atoms with van der Waals surface area (Å²) in [4.78, 5) is 0. The summed E-state index contributed by atoms with van der Waals surface area (Å²) in [5, 5.41) is 4.88. The molecular weight excluding hydrogens is 262 g/mol. The van der Waals surface area contributed by atoms with E-state index in [0.29, 0.717) is 6.04 Å². The van der Waals surface area contributed by atoms with Crippen LogP contribution in [-0.2, 0) is 0 Å². The van der Waals surface area contributed by atoms with E-state index < -0.39 is 0 Å². The van der Waals surface area contributed by atoms with Gasteiger partial charge in [0.1, 0.15) is 0 Å². The van der Waals surface area contributed by atoms with Crippen molar-refractivity contribution in [1.29, 1.82) is 0 Å². The summed E-state index contributed by atoms with van der Waals surface area (Å²) in [5.74, 6) is 0.733. The van der Waals surface area contributed by atoms with Crippen molar-refractivity contribution in [3.63, 3.8) is 0 Å². The van der Waals surface area contributed by atoms with E-state index in [0.717, 1.165) is 17.2 Å². The van der Waals surface area contributed by atoms with E-state index in [1.165, 1.54) is 38.5 Å². The average molecular weight is 289 g/mol. The first kappa shape index (κ1) is 14.5. The molecule has 1 saturated carbocycles. The van der Waals surface area contributed by atoms with Crippen LogP contribution in [0.2, 0.25) is 0 Å². The quantitative estimate of drug-likeness (QED) is 0.850. The lowest BCUT2D eigenvalue weighted by Crippen LogP contribution is -2.38. The average Bonchev–Trinajstić information content (AvgIpc) is 2.51. The van der Waals surface area contributed by atoms with Gasteiger partial charge in [-0.1, -0.05) is 31.2 Å². The molecule has 0 spiro atoms. The van der Waals surface area contributed by atoms with Gasteiger partial charge in [-0.3, -0.25) is 0 Å². The van der Waals surface area contributed by atoms with Crippen molar-refractivity contribution in [2.24, 2.45) is 0 Å². The van der Waals surface area contributed by atoms with Crippen LogP contribution < -0.4 is 5.32 Å². The van der Waals surface area contributed by atoms with Gasteiger partial charge in [0.15, 0.2) is 0 Å². The van der Waals surface area contributed by atoms with Crippen LogP contribution in [0.3, 0.4) is 0 Å². The molecule has 2 atom stereocenters. The maximum absolute atomic E-state index is 3.97. The van der Waals surface area contributed by atoms with Crippen LogP contribution in [0.25, 0.3) is 0 Å². The second kappa shape index (κ2) is 6.53. The molecule has 0 radical (unpaired) electrons. The summed E-state index contributed by atoms with van der Waals surface area (Å²) in [6, 6.07) is 10.4. The maximum atomic E-state index is 3.97. The summed E-state index contributed by atoms with van der Waals surface area (Å²) in [7, 11) is 0. The fourth-order valence-corrected chi connectivity index (χ4v) is 4.67. The molecule has 20 heavy (non-hydrogen) atoms. The van der Waals surface area contributed by atoms with E-state index in [1.807, 2.05) is 0 Å². The molecule has 0 bridgehead atoms. The zero-order valence-electron chi connectivity index (χ0n) is 12.8. The van der Waals surface area contributed by atoms with Crippen molar-refractivity contribution < 1.29 is 0 Å². The SMILES string of the molecule is CSC1CCC(NC2CCC(C)c3ccccc32)CC1. The van der Waals surface area contributed by atoms with Gasteiger partial charge in [0.25, 0.3) is 0 Å². The first-order chi connectivity index (χ1) is 9.78. The number of benzene rings is 1. The minimum Gasteiger partial charge on any atom is -0.307 e. The second-order valence-electron chi connectivity index (χ2n) is 6.54. The Morgan fingerprint density at radius 3 is 2.35 bits per heavy atom. The van der Waals surface area contributed by atoms with Crippen LogP contribution in [0.1, 0.15) is 68.5 Å². The molecule has 0 aromatic heterocycles. The molecule has 1 aromatic carbocycles. The lowest BCUT2D eigenvalue weighted by Gasteiger charge is -2.36. The molecule has 110 valence electrons. The van der Waals surface area contributed by atoms with E-state index in [-0.39, 0.29) is 0 Å². The van der Waals surface area contributed by atoms with Gasteiger partial charge in [0, 0.05) is 17.3 Å². The van der Waals surface area contributed by atoms with Crippen LogP contribution in [0, 0.1) is 0 Å². The Balaban J connectivity index is 1.66. The molecule has 2 aliphatic rings. The zero-order valence-corrected chi connectivity index (χ0v) is 13.6. The van der Waals surface area contributed by atoms with Crippen LogP contribution in [0.5, 0.6) is 0 Å². The highest BCUT2D eigenvalue weighted by molar-refractivity contribution is 7.99. The Bertz CT molecular complexity index is 437. The van der Waals surface area contributed by atoms with Crippen molar-refractivity contribution in [2.75, 3.05) is 6.26 Å². The third-order valence-corrected chi connectivity index (χ3v) is 6.37. The Kier molecular flexibility index (Phi) is 4.72. The van der Waals surface area contributed by atoms with Gasteiger partial charge in [0.05, 0.1) is 0 Å². The van der Waals surface area contributed by atoms with Crippen LogP contribution in [0.15, 0.2) is 24.3 Å². The highest BCUT2D eigenvalue weighted by Crippen LogP contribution is 2.38. The van der Waals surface area contributed by atoms with Crippen LogP contribution in [0.4, 0.5) is 0 Å². The van der Waals surface area contributed by atoms with Crippen molar-refractivity contribution in [1.82, 2.24) is 5.32 Å². The topological polar surface area (TPSA) is 12.0 Å². The van der Waals surface area contributed by atoms with Crippen molar-refractivity contribution in [3.8, 4) is 0 Å². The lowest BCUT2D eigenvalue weighted by atomic mass is 9.80. The fourth-order valence-electron chi connectivity index (χ4n) is 3.93. The molecular formula is C18H27NS. The molecule has 0 amide bonds. The van der Waals surface area contributed by atoms with Crippen LogP contribution >= 0.6 is 11.8 Å². The lowest BCUT2D eigenvalue weighted by molar-refractivity contribution is 0.318. The normalized spacial score (nSPS) is 33.7. The second-order valence-corrected chi connectivity index (χ2v) is 7.67. The summed E-state index contributed by atoms with van der Waals surface area (Å²) in [6.45, 7) is 2.37. The van der Waals surface area contributed by atoms with Gasteiger partial charge < -0.3 is 5.32 Å². The highest BCUT2D eigenvalue weighted by Gasteiger charge is 2.28. The van der Waals surface area contributed by atoms with E-state index in [2.05, 4.69) is 54.5 Å². The first-order valence-electron chi connectivity index (χ1n) is 8.15. The minimum atomic E-state index is 0.596. The van der Waals surface area contributed by atoms with Crippen LogP contribution in [-0.4, -0.2) is 17.5 Å². The van der Waals surface area contributed by atoms with Gasteiger partial charge in [-0.2, -0.15) is 11.8 Å². The van der Waals surface area contributed by atoms with E-state index >= 15 is 0 Å². The fraction of sp³-hybridized carbons (Fsp3) is 0.667. The Hall–Kier alpha value is -0.470. The molecule has 1 fully saturated rings. The molecule has 2 unspecified atom stereocenters. The van der Waals surface area contributed by atoms with Gasteiger partial charge in [0.2, 0.25) is 0 Å². The molecule has 1 nitrogen and oxygen atoms in total. The van der Waals surface area contributed by atoms with Gasteiger partial charge >= 0.3 is 0 Å². The molecule has 0 aliphatic heterocycles. The smallest absolute Gasteiger partial charge is 0.0325 e. The largest absolute Gasteiger partial charge is 0.307 e. The number of rotatable bonds is 3.